The highest BCUT2D eigenvalue weighted by Crippen LogP contribution is 2.38. The third-order valence-corrected chi connectivity index (χ3v) is 8.36. The van der Waals surface area contributed by atoms with E-state index in [4.69, 9.17) is 0 Å². The number of rotatable bonds is 3. The predicted octanol–water partition coefficient (Wildman–Crippen LogP) is 2.84. The van der Waals surface area contributed by atoms with Crippen LogP contribution in [0, 0.1) is 6.92 Å². The lowest BCUT2D eigenvalue weighted by atomic mass is 9.95. The molecule has 122 valence electrons. The van der Waals surface area contributed by atoms with Gasteiger partial charge in [0.05, 0.1) is 28.2 Å². The topological polar surface area (TPSA) is 60.4 Å². The quantitative estimate of drug-likeness (QED) is 0.801. The van der Waals surface area contributed by atoms with Crippen molar-refractivity contribution in [3.8, 4) is 0 Å². The Morgan fingerprint density at radius 2 is 1.70 bits per heavy atom. The average molecular weight is 349 g/mol. The van der Waals surface area contributed by atoms with Crippen LogP contribution >= 0.6 is 0 Å². The molecular formula is C17H19NO3S2. The first-order valence-corrected chi connectivity index (χ1v) is 10.2. The first-order valence-electron chi connectivity index (χ1n) is 7.46. The molecule has 0 aliphatic carbocycles. The van der Waals surface area contributed by atoms with Gasteiger partial charge in [-0.2, -0.15) is 0 Å². The Morgan fingerprint density at radius 3 is 2.30 bits per heavy atom. The summed E-state index contributed by atoms with van der Waals surface area (Å²) < 4.78 is 39.4. The van der Waals surface area contributed by atoms with Gasteiger partial charge >= 0.3 is 0 Å². The van der Waals surface area contributed by atoms with Crippen molar-refractivity contribution in [2.45, 2.75) is 30.7 Å². The van der Waals surface area contributed by atoms with E-state index in [0.29, 0.717) is 5.75 Å². The maximum atomic E-state index is 12.9. The standard InChI is InChI=1S/C17H19NO3S2/c1-13-8-10-16(11-9-13)23(20,21)18-14(2)17(12-22(18)19)15-6-4-3-5-7-15/h3-11,14,17H,12H2,1-2H3/t14?,17-,22?/m1/s1. The molecule has 1 aliphatic rings. The zero-order chi connectivity index (χ0) is 16.6. The molecule has 0 N–H and O–H groups in total. The second kappa shape index (κ2) is 6.28. The van der Waals surface area contributed by atoms with E-state index >= 15 is 0 Å². The molecule has 1 fully saturated rings. The molecule has 0 radical (unpaired) electrons. The maximum Gasteiger partial charge on any atom is 0.282 e. The highest BCUT2D eigenvalue weighted by atomic mass is 32.3. The number of hydrogen-bond donors (Lipinski definition) is 0. The largest absolute Gasteiger partial charge is 0.597 e. The summed E-state index contributed by atoms with van der Waals surface area (Å²) in [5, 5.41) is 0. The molecule has 0 bridgehead atoms. The lowest BCUT2D eigenvalue weighted by Crippen LogP contribution is -2.38. The van der Waals surface area contributed by atoms with Crippen LogP contribution in [0.1, 0.15) is 24.0 Å². The molecule has 4 nitrogen and oxygen atoms in total. The molecule has 1 heterocycles. The molecule has 2 unspecified atom stereocenters. The minimum atomic E-state index is -3.76. The van der Waals surface area contributed by atoms with Gasteiger partial charge in [-0.25, -0.2) is 8.42 Å². The van der Waals surface area contributed by atoms with Gasteiger partial charge in [-0.3, -0.25) is 0 Å². The highest BCUT2D eigenvalue weighted by Gasteiger charge is 2.50. The third kappa shape index (κ3) is 3.04. The van der Waals surface area contributed by atoms with E-state index in [1.54, 1.807) is 24.3 Å². The summed E-state index contributed by atoms with van der Waals surface area (Å²) >= 11 is -1.55. The molecular weight excluding hydrogens is 330 g/mol. The van der Waals surface area contributed by atoms with Gasteiger partial charge in [0.25, 0.3) is 10.0 Å². The normalized spacial score (nSPS) is 25.6. The van der Waals surface area contributed by atoms with Crippen LogP contribution in [0.5, 0.6) is 0 Å². The minimum absolute atomic E-state index is 0.0581. The fourth-order valence-corrected chi connectivity index (χ4v) is 6.95. The monoisotopic (exact) mass is 349 g/mol. The van der Waals surface area contributed by atoms with Crippen molar-refractivity contribution in [1.82, 2.24) is 3.71 Å². The summed E-state index contributed by atoms with van der Waals surface area (Å²) in [7, 11) is -3.76. The number of aryl methyl sites for hydroxylation is 1. The Labute approximate surface area is 140 Å². The van der Waals surface area contributed by atoms with E-state index in [2.05, 4.69) is 0 Å². The van der Waals surface area contributed by atoms with Crippen molar-refractivity contribution in [1.29, 1.82) is 0 Å². The second-order valence-corrected chi connectivity index (χ2v) is 9.24. The van der Waals surface area contributed by atoms with Crippen LogP contribution in [0.25, 0.3) is 0 Å². The first-order chi connectivity index (χ1) is 10.9. The van der Waals surface area contributed by atoms with Crippen LogP contribution in [-0.4, -0.2) is 28.5 Å². The van der Waals surface area contributed by atoms with E-state index in [0.717, 1.165) is 14.8 Å². The molecule has 1 aliphatic heterocycles. The highest BCUT2D eigenvalue weighted by molar-refractivity contribution is 8.04. The molecule has 2 aromatic carbocycles. The summed E-state index contributed by atoms with van der Waals surface area (Å²) in [5.41, 5.74) is 2.01. The number of sulfonamides is 1. The summed E-state index contributed by atoms with van der Waals surface area (Å²) in [6.45, 7) is 3.73. The van der Waals surface area contributed by atoms with Gasteiger partial charge in [-0.15, -0.1) is 0 Å². The molecule has 2 aromatic rings. The molecule has 1 saturated heterocycles. The Balaban J connectivity index is 1.95. The molecule has 0 aromatic heterocycles. The summed E-state index contributed by atoms with van der Waals surface area (Å²) in [6, 6.07) is 16.0. The lowest BCUT2D eigenvalue weighted by Gasteiger charge is -2.21. The zero-order valence-electron chi connectivity index (χ0n) is 13.0. The van der Waals surface area contributed by atoms with Crippen molar-refractivity contribution < 1.29 is 13.0 Å². The van der Waals surface area contributed by atoms with E-state index < -0.39 is 21.4 Å². The molecule has 6 heteroatoms. The molecule has 3 rings (SSSR count). The summed E-state index contributed by atoms with van der Waals surface area (Å²) in [5.74, 6) is 0.272. The van der Waals surface area contributed by atoms with Crippen molar-refractivity contribution in [2.75, 3.05) is 5.75 Å². The maximum absolute atomic E-state index is 12.9. The molecule has 0 spiro atoms. The van der Waals surface area contributed by atoms with Crippen molar-refractivity contribution in [3.05, 3.63) is 65.7 Å². The van der Waals surface area contributed by atoms with Crippen LogP contribution in [0.3, 0.4) is 0 Å². The minimum Gasteiger partial charge on any atom is -0.597 e. The van der Waals surface area contributed by atoms with Crippen LogP contribution < -0.4 is 0 Å². The van der Waals surface area contributed by atoms with E-state index in [9.17, 15) is 13.0 Å². The predicted molar refractivity (Wildman–Crippen MR) is 91.9 cm³/mol. The van der Waals surface area contributed by atoms with E-state index in [1.807, 2.05) is 44.2 Å². The number of benzene rings is 2. The Morgan fingerprint density at radius 1 is 1.09 bits per heavy atom. The summed E-state index contributed by atoms with van der Waals surface area (Å²) in [4.78, 5) is 0.192. The van der Waals surface area contributed by atoms with Gasteiger partial charge in [0, 0.05) is 0 Å². The van der Waals surface area contributed by atoms with Crippen molar-refractivity contribution in [3.63, 3.8) is 0 Å². The van der Waals surface area contributed by atoms with Crippen LogP contribution in [-0.2, 0) is 21.4 Å². The lowest BCUT2D eigenvalue weighted by molar-refractivity contribution is 0.444. The smallest absolute Gasteiger partial charge is 0.282 e. The Bertz CT molecular complexity index is 775. The SMILES string of the molecule is Cc1ccc(S(=O)(=O)N2C(C)[C@H](c3ccccc3)C[S+]2[O-])cc1. The average Bonchev–Trinajstić information content (AvgIpc) is 2.84. The second-order valence-electron chi connectivity index (χ2n) is 5.82. The zero-order valence-corrected chi connectivity index (χ0v) is 14.7. The van der Waals surface area contributed by atoms with Crippen LogP contribution in [0.15, 0.2) is 59.5 Å². The Hall–Kier alpha value is -1.34. The molecule has 0 saturated carbocycles. The molecule has 3 atom stereocenters. The van der Waals surface area contributed by atoms with Gasteiger partial charge in [-0.1, -0.05) is 48.0 Å². The van der Waals surface area contributed by atoms with Crippen LogP contribution in [0.4, 0.5) is 0 Å². The third-order valence-electron chi connectivity index (χ3n) is 4.22. The summed E-state index contributed by atoms with van der Waals surface area (Å²) in [6.07, 6.45) is 0. The fourth-order valence-electron chi connectivity index (χ4n) is 2.92. The van der Waals surface area contributed by atoms with Gasteiger partial charge in [0.15, 0.2) is 0 Å². The Kier molecular flexibility index (Phi) is 4.51. The van der Waals surface area contributed by atoms with Crippen molar-refractivity contribution >= 4 is 21.4 Å². The fraction of sp³-hybridized carbons (Fsp3) is 0.294. The molecule has 23 heavy (non-hydrogen) atoms. The van der Waals surface area contributed by atoms with E-state index in [1.165, 1.54) is 0 Å². The van der Waals surface area contributed by atoms with Crippen molar-refractivity contribution in [2.24, 2.45) is 0 Å². The van der Waals surface area contributed by atoms with Crippen LogP contribution in [0.2, 0.25) is 0 Å². The van der Waals surface area contributed by atoms with Gasteiger partial charge < -0.3 is 4.55 Å². The number of hydrogen-bond acceptors (Lipinski definition) is 3. The van der Waals surface area contributed by atoms with Gasteiger partial charge in [-0.05, 0) is 35.3 Å². The first kappa shape index (κ1) is 16.5. The van der Waals surface area contributed by atoms with E-state index in [-0.39, 0.29) is 16.9 Å². The number of nitrogens with zero attached hydrogens (tertiary/aromatic N) is 1. The van der Waals surface area contributed by atoms with Gasteiger partial charge in [0.2, 0.25) is 0 Å². The molecule has 0 amide bonds. The van der Waals surface area contributed by atoms with Gasteiger partial charge in [0.1, 0.15) is 5.75 Å².